The quantitative estimate of drug-likeness (QED) is 0.139. The Morgan fingerprint density at radius 3 is 2.49 bits per heavy atom. The molecule has 188 valence electrons. The number of carboxylic acid groups (broad SMARTS) is 1. The van der Waals surface area contributed by atoms with Crippen LogP contribution in [0.1, 0.15) is 78.2 Å². The summed E-state index contributed by atoms with van der Waals surface area (Å²) in [6.07, 6.45) is 7.25. The van der Waals surface area contributed by atoms with Gasteiger partial charge in [0.2, 0.25) is 0 Å². The fourth-order valence-corrected chi connectivity index (χ4v) is 5.51. The number of aromatic carboxylic acids is 1. The van der Waals surface area contributed by atoms with Crippen LogP contribution < -0.4 is 0 Å². The van der Waals surface area contributed by atoms with Gasteiger partial charge in [-0.1, -0.05) is 81.1 Å². The molecule has 0 bridgehead atoms. The number of phenolic OH excluding ortho intramolecular Hbond substituents is 1. The lowest BCUT2D eigenvalue weighted by molar-refractivity contribution is 0.0698. The number of halogens is 1. The van der Waals surface area contributed by atoms with Gasteiger partial charge in [-0.2, -0.15) is 0 Å². The van der Waals surface area contributed by atoms with Crippen LogP contribution in [-0.2, 0) is 13.6 Å². The first kappa shape index (κ1) is 27.4. The number of thiocarbonyl (C=S) groups is 1. The second-order valence-corrected chi connectivity index (χ2v) is 10.6. The number of unbranched alkanes of at least 4 members (excludes halogenated alkanes) is 5. The molecule has 0 aliphatic rings. The number of hydrogen-bond acceptors (Lipinski definition) is 4. The molecule has 0 radical (unpaired) electrons. The first-order valence-corrected chi connectivity index (χ1v) is 13.4. The predicted octanol–water partition coefficient (Wildman–Crippen LogP) is 7.21. The molecular weight excluding hydrogens is 524 g/mol. The van der Waals surface area contributed by atoms with Crippen LogP contribution >= 0.6 is 28.1 Å². The van der Waals surface area contributed by atoms with Gasteiger partial charge in [0, 0.05) is 24.5 Å². The molecule has 3 rings (SSSR count). The molecule has 0 spiro atoms. The van der Waals surface area contributed by atoms with E-state index in [4.69, 9.17) is 12.2 Å². The van der Waals surface area contributed by atoms with E-state index in [0.29, 0.717) is 32.5 Å². The first-order valence-electron chi connectivity index (χ1n) is 12.2. The minimum Gasteiger partial charge on any atom is -0.506 e. The molecule has 2 aromatic carbocycles. The third-order valence-electron chi connectivity index (χ3n) is 6.55. The predicted molar refractivity (Wildman–Crippen MR) is 151 cm³/mol. The molecule has 2 N–H and O–H groups in total. The summed E-state index contributed by atoms with van der Waals surface area (Å²) in [4.78, 5) is 15.2. The lowest BCUT2D eigenvalue weighted by Gasteiger charge is -2.19. The maximum atomic E-state index is 12.6. The van der Waals surface area contributed by atoms with Gasteiger partial charge < -0.3 is 19.7 Å². The number of nitrogens with zero attached hydrogens (tertiary/aromatic N) is 2. The molecule has 3 aromatic rings. The third kappa shape index (κ3) is 6.13. The van der Waals surface area contributed by atoms with E-state index in [1.165, 1.54) is 32.1 Å². The summed E-state index contributed by atoms with van der Waals surface area (Å²) in [5, 5.41) is 21.9. The summed E-state index contributed by atoms with van der Waals surface area (Å²) in [5.74, 6) is -0.976. The minimum absolute atomic E-state index is 0.0772. The van der Waals surface area contributed by atoms with Gasteiger partial charge in [-0.3, -0.25) is 0 Å². The Kier molecular flexibility index (Phi) is 9.50. The number of phenols is 1. The molecule has 0 fully saturated rings. The summed E-state index contributed by atoms with van der Waals surface area (Å²) < 4.78 is 2.38. The zero-order chi connectivity index (χ0) is 25.7. The number of aromatic nitrogens is 1. The fraction of sp³-hybridized carbons (Fsp3) is 0.429. The molecule has 5 nitrogen and oxygen atoms in total. The van der Waals surface area contributed by atoms with E-state index < -0.39 is 5.97 Å². The first-order chi connectivity index (χ1) is 16.7. The number of carbonyl (C=O) groups is 1. The lowest BCUT2D eigenvalue weighted by Crippen LogP contribution is -2.19. The van der Waals surface area contributed by atoms with E-state index >= 15 is 0 Å². The van der Waals surface area contributed by atoms with E-state index in [0.717, 1.165) is 29.6 Å². The number of aromatic hydroxyl groups is 1. The Balaban J connectivity index is 2.03. The average Bonchev–Trinajstić information content (AvgIpc) is 3.10. The monoisotopic (exact) mass is 558 g/mol. The van der Waals surface area contributed by atoms with Gasteiger partial charge in [0.25, 0.3) is 0 Å². The van der Waals surface area contributed by atoms with Crippen LogP contribution in [0, 0.1) is 6.92 Å². The van der Waals surface area contributed by atoms with E-state index in [9.17, 15) is 15.0 Å². The van der Waals surface area contributed by atoms with Gasteiger partial charge in [0.05, 0.1) is 26.1 Å². The number of carboxylic acids is 1. The van der Waals surface area contributed by atoms with Crippen LogP contribution in [-0.4, -0.2) is 44.1 Å². The zero-order valence-corrected chi connectivity index (χ0v) is 23.4. The van der Waals surface area contributed by atoms with E-state index in [1.54, 1.807) is 6.07 Å². The zero-order valence-electron chi connectivity index (χ0n) is 21.0. The van der Waals surface area contributed by atoms with Crippen molar-refractivity contribution in [3.8, 4) is 5.75 Å². The summed E-state index contributed by atoms with van der Waals surface area (Å²) in [6, 6.07) is 9.55. The van der Waals surface area contributed by atoms with Crippen LogP contribution in [0.15, 0.2) is 34.8 Å². The molecule has 7 heteroatoms. The molecule has 0 amide bonds. The molecular formula is C28H35BrN2O3S. The summed E-state index contributed by atoms with van der Waals surface area (Å²) in [5.41, 5.74) is 3.80. The van der Waals surface area contributed by atoms with Crippen molar-refractivity contribution in [2.45, 2.75) is 58.9 Å². The maximum Gasteiger partial charge on any atom is 0.338 e. The van der Waals surface area contributed by atoms with E-state index in [2.05, 4.69) is 27.8 Å². The minimum atomic E-state index is -1.05. The van der Waals surface area contributed by atoms with Crippen molar-refractivity contribution in [1.29, 1.82) is 0 Å². The number of aryl methyl sites for hydroxylation is 2. The third-order valence-corrected chi connectivity index (χ3v) is 7.58. The van der Waals surface area contributed by atoms with Crippen molar-refractivity contribution in [1.82, 2.24) is 9.47 Å². The van der Waals surface area contributed by atoms with Crippen LogP contribution in [0.4, 0.5) is 0 Å². The van der Waals surface area contributed by atoms with E-state index in [1.807, 2.05) is 49.9 Å². The van der Waals surface area contributed by atoms with Gasteiger partial charge in [0.1, 0.15) is 5.75 Å². The average molecular weight is 560 g/mol. The van der Waals surface area contributed by atoms with Gasteiger partial charge in [-0.15, -0.1) is 0 Å². The van der Waals surface area contributed by atoms with Crippen molar-refractivity contribution in [2.24, 2.45) is 7.05 Å². The van der Waals surface area contributed by atoms with Crippen molar-refractivity contribution >= 4 is 49.9 Å². The highest BCUT2D eigenvalue weighted by Crippen LogP contribution is 2.40. The SMILES string of the molecule is CCCCCCCCN(C)Cc1c(O)c(Br)cc2c1c(C(=O)O)c(C(=S)c1cccc(C)c1)n2C. The molecule has 0 aliphatic carbocycles. The van der Waals surface area contributed by atoms with Gasteiger partial charge in [-0.25, -0.2) is 4.79 Å². The van der Waals surface area contributed by atoms with Crippen LogP contribution in [0.2, 0.25) is 0 Å². The van der Waals surface area contributed by atoms with Crippen LogP contribution in [0.5, 0.6) is 5.75 Å². The van der Waals surface area contributed by atoms with Crippen molar-refractivity contribution < 1.29 is 15.0 Å². The van der Waals surface area contributed by atoms with Crippen molar-refractivity contribution in [2.75, 3.05) is 13.6 Å². The van der Waals surface area contributed by atoms with Crippen molar-refractivity contribution in [3.05, 3.63) is 62.8 Å². The van der Waals surface area contributed by atoms with Crippen LogP contribution in [0.3, 0.4) is 0 Å². The smallest absolute Gasteiger partial charge is 0.338 e. The standard InChI is InChI=1S/C28H35BrN2O3S/c1-5-6-7-8-9-10-14-30(3)17-20-23-22(16-21(29)26(20)32)31(4)25(24(23)28(33)34)27(35)19-13-11-12-18(2)15-19/h11-13,15-16,32H,5-10,14,17H2,1-4H3,(H,33,34). The van der Waals surface area contributed by atoms with Gasteiger partial charge in [0.15, 0.2) is 0 Å². The molecule has 35 heavy (non-hydrogen) atoms. The topological polar surface area (TPSA) is 65.7 Å². The normalized spacial score (nSPS) is 11.5. The summed E-state index contributed by atoms with van der Waals surface area (Å²) in [7, 11) is 3.85. The molecule has 0 saturated heterocycles. The number of benzene rings is 2. The Bertz CT molecular complexity index is 1230. The molecule has 0 atom stereocenters. The fourth-order valence-electron chi connectivity index (χ4n) is 4.69. The Hall–Kier alpha value is -2.22. The van der Waals surface area contributed by atoms with Gasteiger partial charge >= 0.3 is 5.97 Å². The Morgan fingerprint density at radius 2 is 1.83 bits per heavy atom. The number of rotatable bonds is 12. The number of fused-ring (bicyclic) bond motifs is 1. The Labute approximate surface area is 221 Å². The van der Waals surface area contributed by atoms with Crippen molar-refractivity contribution in [3.63, 3.8) is 0 Å². The maximum absolute atomic E-state index is 12.6. The number of hydrogen-bond donors (Lipinski definition) is 2. The lowest BCUT2D eigenvalue weighted by atomic mass is 9.99. The highest BCUT2D eigenvalue weighted by Gasteiger charge is 2.28. The Morgan fingerprint density at radius 1 is 1.14 bits per heavy atom. The molecule has 1 heterocycles. The molecule has 1 aromatic heterocycles. The highest BCUT2D eigenvalue weighted by molar-refractivity contribution is 9.10. The highest BCUT2D eigenvalue weighted by atomic mass is 79.9. The van der Waals surface area contributed by atoms with E-state index in [-0.39, 0.29) is 11.3 Å². The second kappa shape index (κ2) is 12.2. The van der Waals surface area contributed by atoms with Crippen LogP contribution in [0.25, 0.3) is 10.9 Å². The summed E-state index contributed by atoms with van der Waals surface area (Å²) >= 11 is 9.29. The summed E-state index contributed by atoms with van der Waals surface area (Å²) in [6.45, 7) is 5.52. The van der Waals surface area contributed by atoms with Gasteiger partial charge in [-0.05, 0) is 54.5 Å². The largest absolute Gasteiger partial charge is 0.506 e. The molecule has 0 aliphatic heterocycles. The molecule has 0 unspecified atom stereocenters. The molecule has 0 saturated carbocycles. The second-order valence-electron chi connectivity index (χ2n) is 9.37.